The summed E-state index contributed by atoms with van der Waals surface area (Å²) in [6.07, 6.45) is 0. The molecule has 9 heteroatoms. The van der Waals surface area contributed by atoms with E-state index in [4.69, 9.17) is 16.3 Å². The molecule has 2 heterocycles. The summed E-state index contributed by atoms with van der Waals surface area (Å²) in [6, 6.07) is 18.4. The van der Waals surface area contributed by atoms with E-state index in [1.807, 2.05) is 49.4 Å². The van der Waals surface area contributed by atoms with Crippen molar-refractivity contribution in [2.24, 2.45) is 0 Å². The maximum Gasteiger partial charge on any atom is 0.301 e. The number of carbonyl (C=O) groups is 2. The number of hydrogen-bond donors (Lipinski definition) is 1. The van der Waals surface area contributed by atoms with Crippen LogP contribution in [0.2, 0.25) is 5.02 Å². The standard InChI is InChI=1S/C26H18BrClN2O4S/c1-2-34-18-11-12-19-20(13-18)35-26(29-19)30-22(14-3-7-16(27)8-4-14)21(24(32)25(30)33)23(31)15-5-9-17(28)10-6-15/h3-13,22,31H,2H2,1H3/b23-21+/t22-/m1/s1. The topological polar surface area (TPSA) is 79.7 Å². The summed E-state index contributed by atoms with van der Waals surface area (Å²) in [5.74, 6) is -1.10. The quantitative estimate of drug-likeness (QED) is 0.164. The van der Waals surface area contributed by atoms with Crippen LogP contribution in [0.3, 0.4) is 0 Å². The third-order valence-corrected chi connectivity index (χ3v) is 7.41. The third-order valence-electron chi connectivity index (χ3n) is 5.61. The van der Waals surface area contributed by atoms with Crippen molar-refractivity contribution in [3.05, 3.63) is 92.9 Å². The van der Waals surface area contributed by atoms with Crippen molar-refractivity contribution >= 4 is 71.7 Å². The highest BCUT2D eigenvalue weighted by atomic mass is 79.9. The summed E-state index contributed by atoms with van der Waals surface area (Å²) in [7, 11) is 0. The van der Waals surface area contributed by atoms with E-state index in [1.165, 1.54) is 16.2 Å². The molecular weight excluding hydrogens is 552 g/mol. The molecule has 0 saturated carbocycles. The number of carbonyl (C=O) groups excluding carboxylic acids is 2. The van der Waals surface area contributed by atoms with Gasteiger partial charge in [0.05, 0.1) is 28.4 Å². The molecule has 0 bridgehead atoms. The Kier molecular flexibility index (Phi) is 6.35. The summed E-state index contributed by atoms with van der Waals surface area (Å²) in [4.78, 5) is 32.6. The molecule has 1 atom stereocenters. The predicted molar refractivity (Wildman–Crippen MR) is 141 cm³/mol. The van der Waals surface area contributed by atoms with Crippen LogP contribution < -0.4 is 9.64 Å². The van der Waals surface area contributed by atoms with Gasteiger partial charge in [0.15, 0.2) is 5.13 Å². The van der Waals surface area contributed by atoms with Crippen molar-refractivity contribution < 1.29 is 19.4 Å². The Hall–Kier alpha value is -3.20. The van der Waals surface area contributed by atoms with Gasteiger partial charge in [-0.25, -0.2) is 4.98 Å². The number of aliphatic hydroxyl groups is 1. The van der Waals surface area contributed by atoms with Crippen LogP contribution in [0.1, 0.15) is 24.1 Å². The first-order chi connectivity index (χ1) is 16.9. The minimum atomic E-state index is -0.856. The van der Waals surface area contributed by atoms with Gasteiger partial charge >= 0.3 is 5.91 Å². The number of benzene rings is 3. The SMILES string of the molecule is CCOc1ccc2nc(N3C(=O)C(=O)/C(=C(/O)c4ccc(Cl)cc4)[C@H]3c3ccc(Br)cc3)sc2c1. The van der Waals surface area contributed by atoms with Crippen LogP contribution >= 0.6 is 38.9 Å². The molecule has 3 aromatic carbocycles. The van der Waals surface area contributed by atoms with Gasteiger partial charge in [-0.15, -0.1) is 0 Å². The fraction of sp³-hybridized carbons (Fsp3) is 0.115. The first kappa shape index (κ1) is 23.5. The maximum absolute atomic E-state index is 13.3. The summed E-state index contributed by atoms with van der Waals surface area (Å²) in [5.41, 5.74) is 1.73. The normalized spacial score (nSPS) is 17.3. The zero-order valence-electron chi connectivity index (χ0n) is 18.4. The van der Waals surface area contributed by atoms with Crippen molar-refractivity contribution in [3.8, 4) is 5.75 Å². The molecule has 4 aromatic rings. The Balaban J connectivity index is 1.69. The number of aromatic nitrogens is 1. The number of ether oxygens (including phenoxy) is 1. The second kappa shape index (κ2) is 9.45. The molecule has 176 valence electrons. The Bertz CT molecular complexity index is 1480. The van der Waals surface area contributed by atoms with Crippen LogP contribution in [0.25, 0.3) is 16.0 Å². The van der Waals surface area contributed by atoms with E-state index in [0.717, 1.165) is 9.17 Å². The zero-order chi connectivity index (χ0) is 24.7. The van der Waals surface area contributed by atoms with Gasteiger partial charge in [-0.1, -0.05) is 51.0 Å². The minimum absolute atomic E-state index is 0.00564. The fourth-order valence-electron chi connectivity index (χ4n) is 4.01. The summed E-state index contributed by atoms with van der Waals surface area (Å²) in [5, 5.41) is 12.0. The van der Waals surface area contributed by atoms with Crippen molar-refractivity contribution in [1.82, 2.24) is 4.98 Å². The highest BCUT2D eigenvalue weighted by Gasteiger charge is 2.48. The highest BCUT2D eigenvalue weighted by Crippen LogP contribution is 2.44. The lowest BCUT2D eigenvalue weighted by atomic mass is 9.95. The van der Waals surface area contributed by atoms with Gasteiger partial charge < -0.3 is 9.84 Å². The number of amides is 1. The second-order valence-electron chi connectivity index (χ2n) is 7.79. The van der Waals surface area contributed by atoms with Crippen LogP contribution in [0.4, 0.5) is 5.13 Å². The Labute approximate surface area is 218 Å². The average molecular weight is 570 g/mol. The molecule has 1 N–H and O–H groups in total. The first-order valence-electron chi connectivity index (χ1n) is 10.7. The number of anilines is 1. The Morgan fingerprint density at radius 3 is 2.51 bits per heavy atom. The number of Topliss-reactive ketones (excluding diaryl/α,β-unsaturated/α-hetero) is 1. The number of ketones is 1. The molecular formula is C26H18BrClN2O4S. The monoisotopic (exact) mass is 568 g/mol. The molecule has 0 spiro atoms. The minimum Gasteiger partial charge on any atom is -0.507 e. The van der Waals surface area contributed by atoms with Gasteiger partial charge in [-0.2, -0.15) is 0 Å². The van der Waals surface area contributed by atoms with Crippen LogP contribution in [-0.2, 0) is 9.59 Å². The lowest BCUT2D eigenvalue weighted by molar-refractivity contribution is -0.132. The molecule has 1 aliphatic rings. The second-order valence-corrected chi connectivity index (χ2v) is 10.1. The lowest BCUT2D eigenvalue weighted by Crippen LogP contribution is -2.29. The van der Waals surface area contributed by atoms with E-state index in [-0.39, 0.29) is 11.3 Å². The number of nitrogens with zero attached hydrogens (tertiary/aromatic N) is 2. The molecule has 0 radical (unpaired) electrons. The highest BCUT2D eigenvalue weighted by molar-refractivity contribution is 9.10. The molecule has 1 saturated heterocycles. The molecule has 35 heavy (non-hydrogen) atoms. The van der Waals surface area contributed by atoms with Gasteiger partial charge in [0.25, 0.3) is 5.78 Å². The fourth-order valence-corrected chi connectivity index (χ4v) is 5.42. The smallest absolute Gasteiger partial charge is 0.301 e. The zero-order valence-corrected chi connectivity index (χ0v) is 21.5. The van der Waals surface area contributed by atoms with Crippen molar-refractivity contribution in [1.29, 1.82) is 0 Å². The van der Waals surface area contributed by atoms with Crippen LogP contribution in [0.15, 0.2) is 76.8 Å². The Morgan fingerprint density at radius 2 is 1.83 bits per heavy atom. The molecule has 6 nitrogen and oxygen atoms in total. The van der Waals surface area contributed by atoms with E-state index >= 15 is 0 Å². The molecule has 1 aliphatic heterocycles. The van der Waals surface area contributed by atoms with Gasteiger partial charge in [0.2, 0.25) is 0 Å². The van der Waals surface area contributed by atoms with E-state index in [1.54, 1.807) is 24.3 Å². The summed E-state index contributed by atoms with van der Waals surface area (Å²) in [6.45, 7) is 2.43. The largest absolute Gasteiger partial charge is 0.507 e. The van der Waals surface area contributed by atoms with Gasteiger partial charge in [-0.05, 0) is 67.1 Å². The van der Waals surface area contributed by atoms with Crippen molar-refractivity contribution in [2.75, 3.05) is 11.5 Å². The maximum atomic E-state index is 13.3. The lowest BCUT2D eigenvalue weighted by Gasteiger charge is -2.23. The van der Waals surface area contributed by atoms with E-state index in [2.05, 4.69) is 20.9 Å². The molecule has 1 aromatic heterocycles. The number of thiazole rings is 1. The van der Waals surface area contributed by atoms with Crippen LogP contribution in [0.5, 0.6) is 5.75 Å². The van der Waals surface area contributed by atoms with Gasteiger partial charge in [0, 0.05) is 15.1 Å². The molecule has 0 aliphatic carbocycles. The van der Waals surface area contributed by atoms with Crippen molar-refractivity contribution in [3.63, 3.8) is 0 Å². The molecule has 1 fully saturated rings. The summed E-state index contributed by atoms with van der Waals surface area (Å²) >= 11 is 10.7. The van der Waals surface area contributed by atoms with Gasteiger partial charge in [-0.3, -0.25) is 14.5 Å². The van der Waals surface area contributed by atoms with E-state index < -0.39 is 17.7 Å². The number of hydrogen-bond acceptors (Lipinski definition) is 6. The van der Waals surface area contributed by atoms with E-state index in [0.29, 0.717) is 39.2 Å². The van der Waals surface area contributed by atoms with Crippen LogP contribution in [0, 0.1) is 0 Å². The molecule has 5 rings (SSSR count). The Morgan fingerprint density at radius 1 is 1.11 bits per heavy atom. The predicted octanol–water partition coefficient (Wildman–Crippen LogP) is 6.74. The average Bonchev–Trinajstić information content (AvgIpc) is 3.38. The first-order valence-corrected chi connectivity index (χ1v) is 12.7. The van der Waals surface area contributed by atoms with E-state index in [9.17, 15) is 14.7 Å². The third kappa shape index (κ3) is 4.33. The number of fused-ring (bicyclic) bond motifs is 1. The molecule has 1 amide bonds. The van der Waals surface area contributed by atoms with Gasteiger partial charge in [0.1, 0.15) is 11.5 Å². The molecule has 0 unspecified atom stereocenters. The van der Waals surface area contributed by atoms with Crippen LogP contribution in [-0.4, -0.2) is 28.4 Å². The number of halogens is 2. The number of rotatable bonds is 5. The number of aliphatic hydroxyl groups excluding tert-OH is 1. The summed E-state index contributed by atoms with van der Waals surface area (Å²) < 4.78 is 7.25. The van der Waals surface area contributed by atoms with Crippen molar-refractivity contribution in [2.45, 2.75) is 13.0 Å².